The Morgan fingerprint density at radius 1 is 0.808 bits per heavy atom. The number of ether oxygens (including phenoxy) is 2. The van der Waals surface area contributed by atoms with Gasteiger partial charge in [-0.05, 0) is 66.5 Å². The lowest BCUT2D eigenvalue weighted by Gasteiger charge is -2.44. The Bertz CT molecular complexity index is 747. The molecule has 1 fully saturated rings. The highest BCUT2D eigenvalue weighted by Crippen LogP contribution is 2.50. The summed E-state index contributed by atoms with van der Waals surface area (Å²) in [5.74, 6) is 1.19. The smallest absolute Gasteiger partial charge is 0.308 e. The molecule has 2 aromatic rings. The molecule has 3 rings (SSSR count). The molecule has 0 aliphatic heterocycles. The molecule has 0 amide bonds. The van der Waals surface area contributed by atoms with Crippen molar-refractivity contribution >= 4 is 5.97 Å². The number of carbonyl (C=O) groups is 1. The van der Waals surface area contributed by atoms with E-state index in [1.165, 1.54) is 30.9 Å². The van der Waals surface area contributed by atoms with Crippen molar-refractivity contribution in [1.82, 2.24) is 0 Å². The highest BCUT2D eigenvalue weighted by atomic mass is 16.5. The summed E-state index contributed by atoms with van der Waals surface area (Å²) in [6.45, 7) is 6.14. The van der Waals surface area contributed by atoms with Gasteiger partial charge in [-0.3, -0.25) is 4.79 Å². The van der Waals surface area contributed by atoms with Crippen molar-refractivity contribution in [1.29, 1.82) is 0 Å². The van der Waals surface area contributed by atoms with Crippen LogP contribution in [0.1, 0.15) is 57.6 Å². The van der Waals surface area contributed by atoms with E-state index in [1.807, 2.05) is 24.3 Å². The summed E-state index contributed by atoms with van der Waals surface area (Å²) in [5, 5.41) is 0. The fraction of sp³-hybridized carbons (Fsp3) is 0.435. The molecule has 1 aliphatic rings. The molecule has 1 saturated carbocycles. The molecule has 0 unspecified atom stereocenters. The fourth-order valence-electron chi connectivity index (χ4n) is 4.02. The molecule has 3 heteroatoms. The van der Waals surface area contributed by atoms with Crippen molar-refractivity contribution in [2.45, 2.75) is 51.9 Å². The number of rotatable bonds is 4. The summed E-state index contributed by atoms with van der Waals surface area (Å²) >= 11 is 0. The first kappa shape index (κ1) is 18.5. The number of esters is 1. The molecule has 0 bridgehead atoms. The number of hydrogen-bond acceptors (Lipinski definition) is 3. The third kappa shape index (κ3) is 3.77. The van der Waals surface area contributed by atoms with E-state index in [0.29, 0.717) is 11.2 Å². The number of carbonyl (C=O) groups excluding carboxylic acids is 1. The molecular formula is C23H28O3. The minimum absolute atomic E-state index is 0.00343. The second-order valence-corrected chi connectivity index (χ2v) is 8.09. The second-order valence-electron chi connectivity index (χ2n) is 8.09. The van der Waals surface area contributed by atoms with Gasteiger partial charge in [0, 0.05) is 12.3 Å². The second kappa shape index (κ2) is 7.14. The first-order valence-corrected chi connectivity index (χ1v) is 9.28. The first-order chi connectivity index (χ1) is 12.3. The van der Waals surface area contributed by atoms with Crippen LogP contribution in [0.4, 0.5) is 0 Å². The molecule has 0 saturated heterocycles. The van der Waals surface area contributed by atoms with Crippen LogP contribution in [0.5, 0.6) is 11.5 Å². The van der Waals surface area contributed by atoms with Gasteiger partial charge >= 0.3 is 5.97 Å². The maximum Gasteiger partial charge on any atom is 0.308 e. The van der Waals surface area contributed by atoms with Crippen molar-refractivity contribution in [3.8, 4) is 11.5 Å². The molecule has 0 heterocycles. The van der Waals surface area contributed by atoms with Crippen LogP contribution in [-0.2, 0) is 10.2 Å². The Hall–Kier alpha value is -2.29. The predicted molar refractivity (Wildman–Crippen MR) is 104 cm³/mol. The maximum absolute atomic E-state index is 11.2. The van der Waals surface area contributed by atoms with Gasteiger partial charge in [-0.1, -0.05) is 38.1 Å². The van der Waals surface area contributed by atoms with Gasteiger partial charge in [-0.15, -0.1) is 0 Å². The number of benzene rings is 2. The van der Waals surface area contributed by atoms with E-state index in [1.54, 1.807) is 7.11 Å². The fourth-order valence-corrected chi connectivity index (χ4v) is 4.02. The highest BCUT2D eigenvalue weighted by Gasteiger charge is 2.40. The van der Waals surface area contributed by atoms with E-state index in [2.05, 4.69) is 38.1 Å². The average molecular weight is 352 g/mol. The summed E-state index contributed by atoms with van der Waals surface area (Å²) in [5.41, 5.74) is 2.99. The molecule has 26 heavy (non-hydrogen) atoms. The zero-order valence-corrected chi connectivity index (χ0v) is 16.2. The maximum atomic E-state index is 11.2. The predicted octanol–water partition coefficient (Wildman–Crippen LogP) is 5.51. The van der Waals surface area contributed by atoms with E-state index >= 15 is 0 Å². The first-order valence-electron chi connectivity index (χ1n) is 9.28. The van der Waals surface area contributed by atoms with E-state index in [0.717, 1.165) is 18.6 Å². The highest BCUT2D eigenvalue weighted by molar-refractivity contribution is 5.69. The molecule has 2 aromatic carbocycles. The van der Waals surface area contributed by atoms with E-state index < -0.39 is 0 Å². The third-order valence-corrected chi connectivity index (χ3v) is 5.77. The number of methoxy groups -OCH3 is 1. The zero-order chi connectivity index (χ0) is 18.8. The van der Waals surface area contributed by atoms with Gasteiger partial charge in [0.15, 0.2) is 0 Å². The molecular weight excluding hydrogens is 324 g/mol. The molecule has 0 radical (unpaired) electrons. The topological polar surface area (TPSA) is 35.5 Å². The summed E-state index contributed by atoms with van der Waals surface area (Å²) in [6, 6.07) is 16.5. The Balaban J connectivity index is 1.99. The van der Waals surface area contributed by atoms with Gasteiger partial charge in [-0.2, -0.15) is 0 Å². The quantitative estimate of drug-likeness (QED) is 0.538. The summed E-state index contributed by atoms with van der Waals surface area (Å²) < 4.78 is 10.5. The molecule has 1 aliphatic carbocycles. The lowest BCUT2D eigenvalue weighted by molar-refractivity contribution is -0.131. The lowest BCUT2D eigenvalue weighted by Crippen LogP contribution is -2.35. The van der Waals surface area contributed by atoms with E-state index in [9.17, 15) is 4.79 Å². The molecule has 0 N–H and O–H groups in total. The number of hydrogen-bond donors (Lipinski definition) is 0. The standard InChI is InChI=1S/C23H28O3/c1-17(24)26-21-11-7-19(8-12-21)23(15-13-22(2,3)14-16-23)18-5-9-20(25-4)10-6-18/h5-12H,13-16H2,1-4H3. The normalized spacial score (nSPS) is 18.2. The van der Waals surface area contributed by atoms with Crippen LogP contribution < -0.4 is 9.47 Å². The van der Waals surface area contributed by atoms with Crippen molar-refractivity contribution in [2.24, 2.45) is 5.41 Å². The molecule has 138 valence electrons. The van der Waals surface area contributed by atoms with Crippen LogP contribution in [0.15, 0.2) is 48.5 Å². The molecule has 0 spiro atoms. The summed E-state index contributed by atoms with van der Waals surface area (Å²) in [4.78, 5) is 11.2. The van der Waals surface area contributed by atoms with E-state index in [4.69, 9.17) is 9.47 Å². The molecule has 3 nitrogen and oxygen atoms in total. The van der Waals surface area contributed by atoms with Crippen molar-refractivity contribution in [3.63, 3.8) is 0 Å². The van der Waals surface area contributed by atoms with Gasteiger partial charge in [-0.25, -0.2) is 0 Å². The Kier molecular flexibility index (Phi) is 5.08. The summed E-state index contributed by atoms with van der Waals surface area (Å²) in [7, 11) is 1.70. The Labute approximate surface area is 156 Å². The van der Waals surface area contributed by atoms with Crippen molar-refractivity contribution < 1.29 is 14.3 Å². The lowest BCUT2D eigenvalue weighted by atomic mass is 9.60. The van der Waals surface area contributed by atoms with Crippen LogP contribution in [-0.4, -0.2) is 13.1 Å². The SMILES string of the molecule is COc1ccc(C2(c3ccc(OC(C)=O)cc3)CCC(C)(C)CC2)cc1. The van der Waals surface area contributed by atoms with Gasteiger partial charge in [0.2, 0.25) is 0 Å². The Morgan fingerprint density at radius 3 is 1.69 bits per heavy atom. The Morgan fingerprint density at radius 2 is 1.27 bits per heavy atom. The van der Waals surface area contributed by atoms with Crippen LogP contribution in [0.25, 0.3) is 0 Å². The van der Waals surface area contributed by atoms with Crippen LogP contribution >= 0.6 is 0 Å². The monoisotopic (exact) mass is 352 g/mol. The minimum Gasteiger partial charge on any atom is -0.497 e. The van der Waals surface area contributed by atoms with Crippen LogP contribution in [0.3, 0.4) is 0 Å². The van der Waals surface area contributed by atoms with Crippen molar-refractivity contribution in [3.05, 3.63) is 59.7 Å². The molecule has 0 aromatic heterocycles. The summed E-state index contributed by atoms with van der Waals surface area (Å²) in [6.07, 6.45) is 4.59. The van der Waals surface area contributed by atoms with Gasteiger partial charge in [0.1, 0.15) is 11.5 Å². The van der Waals surface area contributed by atoms with Gasteiger partial charge in [0.25, 0.3) is 0 Å². The third-order valence-electron chi connectivity index (χ3n) is 5.77. The van der Waals surface area contributed by atoms with Gasteiger partial charge < -0.3 is 9.47 Å². The van der Waals surface area contributed by atoms with Gasteiger partial charge in [0.05, 0.1) is 7.11 Å². The van der Waals surface area contributed by atoms with Crippen LogP contribution in [0, 0.1) is 5.41 Å². The van der Waals surface area contributed by atoms with Crippen LogP contribution in [0.2, 0.25) is 0 Å². The largest absolute Gasteiger partial charge is 0.497 e. The zero-order valence-electron chi connectivity index (χ0n) is 16.2. The average Bonchev–Trinajstić information content (AvgIpc) is 2.63. The van der Waals surface area contributed by atoms with E-state index in [-0.39, 0.29) is 11.4 Å². The minimum atomic E-state index is -0.290. The van der Waals surface area contributed by atoms with Crippen molar-refractivity contribution in [2.75, 3.05) is 7.11 Å². The molecule has 0 atom stereocenters.